The van der Waals surface area contributed by atoms with Gasteiger partial charge in [-0.15, -0.1) is 0 Å². The predicted molar refractivity (Wildman–Crippen MR) is 88.1 cm³/mol. The number of hydrogen-bond donors (Lipinski definition) is 0. The van der Waals surface area contributed by atoms with Crippen LogP contribution >= 0.6 is 0 Å². The molecule has 0 spiro atoms. The molecule has 0 radical (unpaired) electrons. The van der Waals surface area contributed by atoms with Crippen molar-refractivity contribution >= 4 is 0 Å². The first-order chi connectivity index (χ1) is 8.70. The fourth-order valence-electron chi connectivity index (χ4n) is 0.893. The van der Waals surface area contributed by atoms with E-state index in [4.69, 9.17) is 0 Å². The average Bonchev–Trinajstić information content (AvgIpc) is 2.45. The van der Waals surface area contributed by atoms with Crippen molar-refractivity contribution in [3.63, 3.8) is 0 Å². The van der Waals surface area contributed by atoms with Crippen LogP contribution in [0.4, 0.5) is 0 Å². The zero-order chi connectivity index (χ0) is 14.8. The molecule has 18 heavy (non-hydrogen) atoms. The van der Waals surface area contributed by atoms with Gasteiger partial charge in [0, 0.05) is 0 Å². The summed E-state index contributed by atoms with van der Waals surface area (Å²) in [5, 5.41) is 0. The minimum absolute atomic E-state index is 1.32. The topological polar surface area (TPSA) is 0 Å². The van der Waals surface area contributed by atoms with E-state index < -0.39 is 0 Å². The molecule has 0 aliphatic heterocycles. The highest BCUT2D eigenvalue weighted by atomic mass is 13.8. The Hall–Kier alpha value is -1.30. The van der Waals surface area contributed by atoms with Crippen molar-refractivity contribution in [1.82, 2.24) is 0 Å². The molecule has 0 bridgehead atoms. The van der Waals surface area contributed by atoms with Gasteiger partial charge in [0.05, 0.1) is 0 Å². The summed E-state index contributed by atoms with van der Waals surface area (Å²) in [6.45, 7) is 16.2. The van der Waals surface area contributed by atoms with E-state index in [-0.39, 0.29) is 0 Å². The van der Waals surface area contributed by atoms with E-state index >= 15 is 0 Å². The predicted octanol–water partition coefficient (Wildman–Crippen LogP) is 6.58. The first-order valence-electron chi connectivity index (χ1n) is 6.98. The van der Waals surface area contributed by atoms with Crippen LogP contribution in [0.15, 0.2) is 54.1 Å². The molecule has 1 aromatic rings. The van der Waals surface area contributed by atoms with Crippen LogP contribution in [-0.2, 0) is 0 Å². The second kappa shape index (κ2) is 21.0. The SMILES string of the molecule is C/C=C\C(C)=C/C.CC.CC.Cc1ccccc1. The van der Waals surface area contributed by atoms with Crippen molar-refractivity contribution in [2.45, 2.75) is 55.4 Å². The van der Waals surface area contributed by atoms with E-state index in [1.807, 2.05) is 65.8 Å². The van der Waals surface area contributed by atoms with Gasteiger partial charge in [0.2, 0.25) is 0 Å². The van der Waals surface area contributed by atoms with E-state index in [1.54, 1.807) is 0 Å². The lowest BCUT2D eigenvalue weighted by molar-refractivity contribution is 1.46. The Labute approximate surface area is 115 Å². The van der Waals surface area contributed by atoms with Crippen LogP contribution < -0.4 is 0 Å². The summed E-state index contributed by atoms with van der Waals surface area (Å²) in [5.41, 5.74) is 2.64. The fourth-order valence-corrected chi connectivity index (χ4v) is 0.893. The Morgan fingerprint density at radius 1 is 0.889 bits per heavy atom. The third-order valence-corrected chi connectivity index (χ3v) is 1.83. The van der Waals surface area contributed by atoms with Crippen LogP contribution in [0.5, 0.6) is 0 Å². The first kappa shape index (κ1) is 21.9. The highest BCUT2D eigenvalue weighted by molar-refractivity contribution is 5.13. The largest absolute Gasteiger partial charge is 0.0874 e. The van der Waals surface area contributed by atoms with Crippen LogP contribution in [0.1, 0.15) is 54.0 Å². The highest BCUT2D eigenvalue weighted by Crippen LogP contribution is 1.92. The summed E-state index contributed by atoms with van der Waals surface area (Å²) in [6, 6.07) is 10.3. The average molecular weight is 248 g/mol. The van der Waals surface area contributed by atoms with Crippen LogP contribution in [0.2, 0.25) is 0 Å². The fraction of sp³-hybridized carbons (Fsp3) is 0.444. The third-order valence-electron chi connectivity index (χ3n) is 1.83. The zero-order valence-corrected chi connectivity index (χ0v) is 13.6. The molecule has 0 unspecified atom stereocenters. The van der Waals surface area contributed by atoms with Crippen molar-refractivity contribution in [2.24, 2.45) is 0 Å². The van der Waals surface area contributed by atoms with E-state index in [0.29, 0.717) is 0 Å². The Kier molecular flexibility index (Phi) is 25.6. The molecule has 0 saturated carbocycles. The molecule has 0 nitrogen and oxygen atoms in total. The summed E-state index contributed by atoms with van der Waals surface area (Å²) in [7, 11) is 0. The van der Waals surface area contributed by atoms with Crippen molar-refractivity contribution in [1.29, 1.82) is 0 Å². The van der Waals surface area contributed by atoms with Gasteiger partial charge in [-0.2, -0.15) is 0 Å². The van der Waals surface area contributed by atoms with Gasteiger partial charge < -0.3 is 0 Å². The molecule has 0 fully saturated rings. The first-order valence-corrected chi connectivity index (χ1v) is 6.98. The molecule has 0 heterocycles. The van der Waals surface area contributed by atoms with Gasteiger partial charge in [0.15, 0.2) is 0 Å². The zero-order valence-electron chi connectivity index (χ0n) is 13.6. The van der Waals surface area contributed by atoms with Gasteiger partial charge >= 0.3 is 0 Å². The molecule has 0 saturated heterocycles. The maximum absolute atomic E-state index is 2.08. The van der Waals surface area contributed by atoms with E-state index in [2.05, 4.69) is 38.1 Å². The van der Waals surface area contributed by atoms with Crippen LogP contribution in [0.25, 0.3) is 0 Å². The minimum Gasteiger partial charge on any atom is -0.0874 e. The summed E-state index contributed by atoms with van der Waals surface area (Å²) in [6.07, 6.45) is 6.20. The Bertz CT molecular complexity index is 278. The van der Waals surface area contributed by atoms with Crippen molar-refractivity contribution in [2.75, 3.05) is 0 Å². The van der Waals surface area contributed by atoms with Gasteiger partial charge in [0.1, 0.15) is 0 Å². The Morgan fingerprint density at radius 2 is 1.33 bits per heavy atom. The van der Waals surface area contributed by atoms with Gasteiger partial charge in [0.25, 0.3) is 0 Å². The molecule has 1 rings (SSSR count). The molecule has 0 aromatic heterocycles. The lowest BCUT2D eigenvalue weighted by Gasteiger charge is -1.82. The molecular weight excluding hydrogens is 216 g/mol. The van der Waals surface area contributed by atoms with Crippen LogP contribution in [-0.4, -0.2) is 0 Å². The summed E-state index contributed by atoms with van der Waals surface area (Å²) in [5.74, 6) is 0. The molecule has 0 heteroatoms. The van der Waals surface area contributed by atoms with Crippen LogP contribution in [0.3, 0.4) is 0 Å². The smallest absolute Gasteiger partial charge is 0.0398 e. The number of rotatable bonds is 1. The number of allylic oxidation sites excluding steroid dienone is 4. The van der Waals surface area contributed by atoms with Crippen molar-refractivity contribution < 1.29 is 0 Å². The summed E-state index contributed by atoms with van der Waals surface area (Å²) < 4.78 is 0. The molecule has 104 valence electrons. The van der Waals surface area contributed by atoms with E-state index in [0.717, 1.165) is 0 Å². The van der Waals surface area contributed by atoms with E-state index in [9.17, 15) is 0 Å². The standard InChI is InChI=1S/C7H8.C7H12.2C2H6/c1-7-5-3-2-4-6-7;1-4-6-7(3)5-2;2*1-2/h2-6H,1H3;4-6H,1-3H3;2*1-2H3/b;6-4-,7-5-;;. The number of aryl methyl sites for hydroxylation is 1. The normalized spacial score (nSPS) is 9.22. The van der Waals surface area contributed by atoms with Gasteiger partial charge in [-0.05, 0) is 27.7 Å². The summed E-state index contributed by atoms with van der Waals surface area (Å²) in [4.78, 5) is 0. The van der Waals surface area contributed by atoms with Crippen molar-refractivity contribution in [3.8, 4) is 0 Å². The van der Waals surface area contributed by atoms with Gasteiger partial charge in [-0.3, -0.25) is 0 Å². The van der Waals surface area contributed by atoms with Gasteiger partial charge in [-0.25, -0.2) is 0 Å². The Morgan fingerprint density at radius 3 is 1.50 bits per heavy atom. The van der Waals surface area contributed by atoms with E-state index in [1.165, 1.54) is 11.1 Å². The van der Waals surface area contributed by atoms with Gasteiger partial charge in [-0.1, -0.05) is 87.4 Å². The molecule has 0 aliphatic rings. The lowest BCUT2D eigenvalue weighted by atomic mass is 10.2. The molecular formula is C18H32. The molecule has 0 N–H and O–H groups in total. The van der Waals surface area contributed by atoms with Crippen LogP contribution in [0, 0.1) is 6.92 Å². The lowest BCUT2D eigenvalue weighted by Crippen LogP contribution is -1.62. The second-order valence-corrected chi connectivity index (χ2v) is 3.19. The third kappa shape index (κ3) is 20.2. The summed E-state index contributed by atoms with van der Waals surface area (Å²) >= 11 is 0. The molecule has 1 aromatic carbocycles. The maximum atomic E-state index is 2.08. The second-order valence-electron chi connectivity index (χ2n) is 3.19. The van der Waals surface area contributed by atoms with Crippen molar-refractivity contribution in [3.05, 3.63) is 59.7 Å². The Balaban J connectivity index is -0.000000196. The highest BCUT2D eigenvalue weighted by Gasteiger charge is 1.72. The number of benzene rings is 1. The molecule has 0 atom stereocenters. The molecule has 0 aliphatic carbocycles. The minimum atomic E-state index is 1.32. The quantitative estimate of drug-likeness (QED) is 0.493. The monoisotopic (exact) mass is 248 g/mol. The number of hydrogen-bond acceptors (Lipinski definition) is 0. The molecule has 0 amide bonds. The maximum Gasteiger partial charge on any atom is -0.0398 e.